The van der Waals surface area contributed by atoms with Crippen molar-refractivity contribution in [2.24, 2.45) is 0 Å². The van der Waals surface area contributed by atoms with Crippen LogP contribution in [-0.4, -0.2) is 9.97 Å². The number of benzene rings is 8. The Morgan fingerprint density at radius 1 is 0.316 bits per heavy atom. The Balaban J connectivity index is 1.11. The molecule has 1 spiro atoms. The van der Waals surface area contributed by atoms with Crippen molar-refractivity contribution in [3.05, 3.63) is 229 Å². The van der Waals surface area contributed by atoms with E-state index >= 15 is 0 Å². The van der Waals surface area contributed by atoms with E-state index in [1.165, 1.54) is 49.9 Å². The summed E-state index contributed by atoms with van der Waals surface area (Å²) >= 11 is 0. The molecular weight excluding hydrogens is 689 g/mol. The highest BCUT2D eigenvalue weighted by molar-refractivity contribution is 6.14. The van der Waals surface area contributed by atoms with Crippen LogP contribution in [0, 0.1) is 0 Å². The first-order valence-electron chi connectivity index (χ1n) is 19.7. The van der Waals surface area contributed by atoms with Gasteiger partial charge in [0.25, 0.3) is 0 Å². The summed E-state index contributed by atoms with van der Waals surface area (Å²) in [5, 5.41) is 3.53. The van der Waals surface area contributed by atoms with E-state index in [1.54, 1.807) is 0 Å². The second kappa shape index (κ2) is 12.3. The zero-order valence-electron chi connectivity index (χ0n) is 31.0. The van der Waals surface area contributed by atoms with Crippen LogP contribution in [0.1, 0.15) is 22.3 Å². The van der Waals surface area contributed by atoms with Crippen LogP contribution >= 0.6 is 0 Å². The number of hydrogen-bond acceptors (Lipinski definition) is 2. The molecule has 264 valence electrons. The van der Waals surface area contributed by atoms with Gasteiger partial charge in [0.15, 0.2) is 0 Å². The molecule has 0 N–H and O–H groups in total. The predicted octanol–water partition coefficient (Wildman–Crippen LogP) is 13.8. The first-order valence-corrected chi connectivity index (χ1v) is 19.7. The third-order valence-corrected chi connectivity index (χ3v) is 12.3. The maximum absolute atomic E-state index is 5.47. The molecule has 2 aliphatic rings. The molecule has 2 heterocycles. The fourth-order valence-corrected chi connectivity index (χ4v) is 9.90. The molecule has 0 atom stereocenters. The van der Waals surface area contributed by atoms with Crippen LogP contribution in [0.15, 0.2) is 206 Å². The van der Waals surface area contributed by atoms with Crippen molar-refractivity contribution in [2.75, 3.05) is 0 Å². The van der Waals surface area contributed by atoms with E-state index in [9.17, 15) is 0 Å². The minimum Gasteiger partial charge on any atom is -0.256 e. The number of pyridine rings is 2. The van der Waals surface area contributed by atoms with E-state index in [0.29, 0.717) is 0 Å². The molecule has 12 rings (SSSR count). The van der Waals surface area contributed by atoms with Gasteiger partial charge in [-0.15, -0.1) is 0 Å². The molecule has 0 saturated carbocycles. The highest BCUT2D eigenvalue weighted by atomic mass is 14.7. The molecule has 0 amide bonds. The lowest BCUT2D eigenvalue weighted by Gasteiger charge is -2.30. The molecule has 2 aliphatic carbocycles. The number of aromatic nitrogens is 2. The van der Waals surface area contributed by atoms with Gasteiger partial charge in [0.1, 0.15) is 0 Å². The van der Waals surface area contributed by atoms with E-state index in [1.807, 2.05) is 12.3 Å². The molecular formula is C55H34N2. The Bertz CT molecular complexity index is 3190. The summed E-state index contributed by atoms with van der Waals surface area (Å²) in [4.78, 5) is 10.5. The quantitative estimate of drug-likeness (QED) is 0.169. The molecule has 2 nitrogen and oxygen atoms in total. The Hall–Kier alpha value is -7.42. The van der Waals surface area contributed by atoms with Gasteiger partial charge in [0, 0.05) is 33.7 Å². The minimum atomic E-state index is -0.412. The molecule has 57 heavy (non-hydrogen) atoms. The summed E-state index contributed by atoms with van der Waals surface area (Å²) in [7, 11) is 0. The van der Waals surface area contributed by atoms with Crippen molar-refractivity contribution in [1.82, 2.24) is 9.97 Å². The highest BCUT2D eigenvalue weighted by Gasteiger charge is 2.51. The summed E-state index contributed by atoms with van der Waals surface area (Å²) in [6.45, 7) is 0. The smallest absolute Gasteiger partial charge is 0.0788 e. The summed E-state index contributed by atoms with van der Waals surface area (Å²) < 4.78 is 0. The molecule has 0 saturated heterocycles. The number of para-hydroxylation sites is 1. The van der Waals surface area contributed by atoms with E-state index in [0.717, 1.165) is 61.1 Å². The van der Waals surface area contributed by atoms with Crippen LogP contribution in [0.3, 0.4) is 0 Å². The van der Waals surface area contributed by atoms with Crippen molar-refractivity contribution in [2.45, 2.75) is 5.41 Å². The highest BCUT2D eigenvalue weighted by Crippen LogP contribution is 2.63. The van der Waals surface area contributed by atoms with Crippen molar-refractivity contribution < 1.29 is 0 Å². The molecule has 0 radical (unpaired) electrons. The summed E-state index contributed by atoms with van der Waals surface area (Å²) in [5.74, 6) is 0. The predicted molar refractivity (Wildman–Crippen MR) is 235 cm³/mol. The second-order valence-electron chi connectivity index (χ2n) is 15.2. The van der Waals surface area contributed by atoms with Crippen LogP contribution in [0.4, 0.5) is 0 Å². The average molecular weight is 723 g/mol. The third-order valence-electron chi connectivity index (χ3n) is 12.3. The summed E-state index contributed by atoms with van der Waals surface area (Å²) in [5.41, 5.74) is 19.7. The lowest BCUT2D eigenvalue weighted by molar-refractivity contribution is 0.795. The van der Waals surface area contributed by atoms with Crippen molar-refractivity contribution >= 4 is 21.7 Å². The molecule has 10 aromatic rings. The molecule has 8 aromatic carbocycles. The molecule has 2 heteroatoms. The fraction of sp³-hybridized carbons (Fsp3) is 0.0182. The van der Waals surface area contributed by atoms with Crippen LogP contribution in [0.5, 0.6) is 0 Å². The van der Waals surface area contributed by atoms with Gasteiger partial charge in [0.2, 0.25) is 0 Å². The Labute approximate surface area is 331 Å². The largest absolute Gasteiger partial charge is 0.256 e. The zero-order chi connectivity index (χ0) is 37.5. The van der Waals surface area contributed by atoms with E-state index in [4.69, 9.17) is 9.97 Å². The summed E-state index contributed by atoms with van der Waals surface area (Å²) in [6, 6.07) is 72.8. The SMILES string of the molecule is c1ccc(-c2cc(-c3ccccc3)c(-c3cccc(-c4nc5ccccc5c5cc6c(cc45)-c4ccccc4C64c5ccccc5-c5ccccc54)c3)cn2)cc1. The van der Waals surface area contributed by atoms with Gasteiger partial charge in [-0.2, -0.15) is 0 Å². The number of rotatable bonds is 4. The van der Waals surface area contributed by atoms with Crippen LogP contribution in [-0.2, 0) is 5.41 Å². The van der Waals surface area contributed by atoms with Gasteiger partial charge >= 0.3 is 0 Å². The molecule has 0 fully saturated rings. The van der Waals surface area contributed by atoms with Gasteiger partial charge in [-0.1, -0.05) is 170 Å². The summed E-state index contributed by atoms with van der Waals surface area (Å²) in [6.07, 6.45) is 2.04. The maximum atomic E-state index is 5.47. The van der Waals surface area contributed by atoms with Gasteiger partial charge in [-0.3, -0.25) is 4.98 Å². The molecule has 0 bridgehead atoms. The maximum Gasteiger partial charge on any atom is 0.0788 e. The van der Waals surface area contributed by atoms with E-state index in [-0.39, 0.29) is 0 Å². The normalized spacial score (nSPS) is 13.1. The first-order chi connectivity index (χ1) is 28.3. The minimum absolute atomic E-state index is 0.412. The Kier molecular flexibility index (Phi) is 6.88. The van der Waals surface area contributed by atoms with E-state index < -0.39 is 5.41 Å². The van der Waals surface area contributed by atoms with Crippen molar-refractivity contribution in [3.63, 3.8) is 0 Å². The molecule has 0 unspecified atom stereocenters. The van der Waals surface area contributed by atoms with Crippen LogP contribution < -0.4 is 0 Å². The van der Waals surface area contributed by atoms with Gasteiger partial charge in [-0.05, 0) is 96.9 Å². The molecule has 2 aromatic heterocycles. The number of hydrogen-bond donors (Lipinski definition) is 0. The Morgan fingerprint density at radius 2 is 0.877 bits per heavy atom. The monoisotopic (exact) mass is 722 g/mol. The fourth-order valence-electron chi connectivity index (χ4n) is 9.90. The van der Waals surface area contributed by atoms with Gasteiger partial charge in [-0.25, -0.2) is 4.98 Å². The molecule has 0 aliphatic heterocycles. The van der Waals surface area contributed by atoms with Gasteiger partial charge in [0.05, 0.1) is 22.3 Å². The van der Waals surface area contributed by atoms with E-state index in [2.05, 4.69) is 194 Å². The number of fused-ring (bicyclic) bond motifs is 13. The lowest BCUT2D eigenvalue weighted by atomic mass is 9.70. The number of nitrogens with zero attached hydrogens (tertiary/aromatic N) is 2. The topological polar surface area (TPSA) is 25.8 Å². The standard InChI is InChI=1S/C55H34N2/c1-3-16-35(17-4-1)43-33-53(36-18-5-2-6-19-36)56-34-47(43)37-20-15-21-38(30-37)54-46-31-45-41-24-9-13-28-50(41)55(51(45)32-44(46)42-25-10-14-29-52(42)57-54)48-26-11-7-22-39(48)40-23-8-12-27-49(40)55/h1-34H. The average Bonchev–Trinajstić information content (AvgIpc) is 3.75. The van der Waals surface area contributed by atoms with Gasteiger partial charge < -0.3 is 0 Å². The van der Waals surface area contributed by atoms with Crippen LogP contribution in [0.25, 0.3) is 88.7 Å². The zero-order valence-corrected chi connectivity index (χ0v) is 31.0. The second-order valence-corrected chi connectivity index (χ2v) is 15.2. The lowest BCUT2D eigenvalue weighted by Crippen LogP contribution is -2.25. The van der Waals surface area contributed by atoms with Crippen LogP contribution in [0.2, 0.25) is 0 Å². The first kappa shape index (κ1) is 31.9. The Morgan fingerprint density at radius 3 is 1.58 bits per heavy atom. The third kappa shape index (κ3) is 4.59. The van der Waals surface area contributed by atoms with Crippen molar-refractivity contribution in [3.8, 4) is 67.0 Å². The van der Waals surface area contributed by atoms with Crippen molar-refractivity contribution in [1.29, 1.82) is 0 Å².